The molecule has 0 radical (unpaired) electrons. The zero-order valence-corrected chi connectivity index (χ0v) is 12.8. The van der Waals surface area contributed by atoms with Crippen molar-refractivity contribution in [2.75, 3.05) is 6.54 Å². The first-order valence-electron chi connectivity index (χ1n) is 5.54. The van der Waals surface area contributed by atoms with E-state index in [1.165, 1.54) is 0 Å². The van der Waals surface area contributed by atoms with Gasteiger partial charge in [0.2, 0.25) is 0 Å². The molecular weight excluding hydrogens is 334 g/mol. The number of thiophene rings is 1. The minimum absolute atomic E-state index is 0.534. The van der Waals surface area contributed by atoms with E-state index in [-0.39, 0.29) is 0 Å². The van der Waals surface area contributed by atoms with E-state index in [0.29, 0.717) is 23.9 Å². The van der Waals surface area contributed by atoms with Gasteiger partial charge in [0.1, 0.15) is 12.4 Å². The molecule has 2 nitrogen and oxygen atoms in total. The van der Waals surface area contributed by atoms with E-state index in [2.05, 4.69) is 15.9 Å². The van der Waals surface area contributed by atoms with Crippen molar-refractivity contribution in [3.63, 3.8) is 0 Å². The van der Waals surface area contributed by atoms with Crippen LogP contribution in [0.3, 0.4) is 0 Å². The summed E-state index contributed by atoms with van der Waals surface area (Å²) < 4.78 is 6.80. The lowest BCUT2D eigenvalue weighted by Crippen LogP contribution is -2.02. The topological polar surface area (TPSA) is 35.2 Å². The lowest BCUT2D eigenvalue weighted by Gasteiger charge is -2.08. The van der Waals surface area contributed by atoms with Crippen molar-refractivity contribution in [1.82, 2.24) is 0 Å². The molecule has 1 heterocycles. The van der Waals surface area contributed by atoms with Crippen molar-refractivity contribution >= 4 is 38.9 Å². The highest BCUT2D eigenvalue weighted by Crippen LogP contribution is 2.28. The highest BCUT2D eigenvalue weighted by atomic mass is 79.9. The molecule has 1 aromatic carbocycles. The van der Waals surface area contributed by atoms with Gasteiger partial charge in [0.05, 0.1) is 8.81 Å². The van der Waals surface area contributed by atoms with Gasteiger partial charge >= 0.3 is 0 Å². The van der Waals surface area contributed by atoms with Crippen molar-refractivity contribution < 1.29 is 4.74 Å². The maximum atomic E-state index is 6.16. The Morgan fingerprint density at radius 3 is 2.72 bits per heavy atom. The van der Waals surface area contributed by atoms with Gasteiger partial charge in [0, 0.05) is 4.88 Å². The molecule has 0 saturated heterocycles. The van der Waals surface area contributed by atoms with E-state index in [0.717, 1.165) is 20.6 Å². The average molecular weight is 347 g/mol. The third-order valence-electron chi connectivity index (χ3n) is 2.43. The third-order valence-corrected chi connectivity index (χ3v) is 4.32. The number of hydrogen-bond acceptors (Lipinski definition) is 3. The lowest BCUT2D eigenvalue weighted by molar-refractivity contribution is 0.310. The fourth-order valence-electron chi connectivity index (χ4n) is 1.56. The maximum absolute atomic E-state index is 6.16. The molecule has 0 atom stereocenters. The highest BCUT2D eigenvalue weighted by molar-refractivity contribution is 9.11. The van der Waals surface area contributed by atoms with E-state index in [1.807, 2.05) is 30.3 Å². The lowest BCUT2D eigenvalue weighted by atomic mass is 10.1. The van der Waals surface area contributed by atoms with Crippen LogP contribution in [-0.2, 0) is 13.0 Å². The number of rotatable bonds is 5. The highest BCUT2D eigenvalue weighted by Gasteiger charge is 2.04. The Balaban J connectivity index is 2.01. The van der Waals surface area contributed by atoms with Crippen molar-refractivity contribution in [2.24, 2.45) is 5.73 Å². The molecule has 0 saturated carbocycles. The van der Waals surface area contributed by atoms with Crippen LogP contribution in [0, 0.1) is 0 Å². The fourth-order valence-corrected chi connectivity index (χ4v) is 3.22. The Hall–Kier alpha value is -0.550. The van der Waals surface area contributed by atoms with Crippen LogP contribution in [0.25, 0.3) is 0 Å². The number of benzene rings is 1. The van der Waals surface area contributed by atoms with Crippen LogP contribution < -0.4 is 10.5 Å². The molecule has 0 amide bonds. The largest absolute Gasteiger partial charge is 0.487 e. The molecule has 2 rings (SSSR count). The Morgan fingerprint density at radius 2 is 2.11 bits per heavy atom. The number of halogens is 2. The number of nitrogens with two attached hydrogens (primary N) is 1. The molecule has 2 aromatic rings. The van der Waals surface area contributed by atoms with Gasteiger partial charge in [-0.05, 0) is 58.7 Å². The second-order valence-corrected chi connectivity index (χ2v) is 6.75. The normalized spacial score (nSPS) is 10.6. The molecule has 0 aliphatic carbocycles. The van der Waals surface area contributed by atoms with Gasteiger partial charge in [-0.15, -0.1) is 11.3 Å². The van der Waals surface area contributed by atoms with E-state index in [4.69, 9.17) is 22.1 Å². The van der Waals surface area contributed by atoms with Crippen LogP contribution in [0.15, 0.2) is 34.1 Å². The first-order chi connectivity index (χ1) is 8.69. The van der Waals surface area contributed by atoms with Gasteiger partial charge < -0.3 is 10.5 Å². The summed E-state index contributed by atoms with van der Waals surface area (Å²) in [6.07, 6.45) is 0.831. The Labute approximate surface area is 124 Å². The maximum Gasteiger partial charge on any atom is 0.138 e. The molecule has 18 heavy (non-hydrogen) atoms. The third kappa shape index (κ3) is 3.72. The van der Waals surface area contributed by atoms with E-state index < -0.39 is 0 Å². The summed E-state index contributed by atoms with van der Waals surface area (Å²) in [6.45, 7) is 1.16. The predicted molar refractivity (Wildman–Crippen MR) is 80.6 cm³/mol. The van der Waals surface area contributed by atoms with Crippen LogP contribution in [0.2, 0.25) is 5.02 Å². The van der Waals surface area contributed by atoms with Crippen molar-refractivity contribution in [2.45, 2.75) is 13.0 Å². The Bertz CT molecular complexity index is 529. The predicted octanol–water partition coefficient (Wildman–Crippen LogP) is 4.24. The molecule has 0 spiro atoms. The molecular formula is C13H13BrClNOS. The summed E-state index contributed by atoms with van der Waals surface area (Å²) in [5.74, 6) is 0.710. The summed E-state index contributed by atoms with van der Waals surface area (Å²) in [7, 11) is 0. The SMILES string of the molecule is NCCc1ccc(OCc2ccc(Br)s2)c(Cl)c1. The fraction of sp³-hybridized carbons (Fsp3) is 0.231. The molecule has 96 valence electrons. The zero-order valence-electron chi connectivity index (χ0n) is 9.66. The first kappa shape index (κ1) is 13.9. The summed E-state index contributed by atoms with van der Waals surface area (Å²) in [4.78, 5) is 1.16. The summed E-state index contributed by atoms with van der Waals surface area (Å²) in [6, 6.07) is 9.85. The smallest absolute Gasteiger partial charge is 0.138 e. The Kier molecular flexibility index (Phi) is 5.06. The minimum Gasteiger partial charge on any atom is -0.487 e. The second-order valence-electron chi connectivity index (χ2n) is 3.80. The summed E-state index contributed by atoms with van der Waals surface area (Å²) >= 11 is 11.2. The summed E-state index contributed by atoms with van der Waals surface area (Å²) in [5.41, 5.74) is 6.64. The first-order valence-corrected chi connectivity index (χ1v) is 7.53. The molecule has 0 unspecified atom stereocenters. The van der Waals surface area contributed by atoms with E-state index in [1.54, 1.807) is 11.3 Å². The minimum atomic E-state index is 0.534. The van der Waals surface area contributed by atoms with E-state index >= 15 is 0 Å². The Morgan fingerprint density at radius 1 is 1.28 bits per heavy atom. The van der Waals surface area contributed by atoms with Gasteiger partial charge in [-0.2, -0.15) is 0 Å². The van der Waals surface area contributed by atoms with Gasteiger partial charge in [0.15, 0.2) is 0 Å². The number of ether oxygens (including phenoxy) is 1. The van der Waals surface area contributed by atoms with Gasteiger partial charge in [-0.25, -0.2) is 0 Å². The van der Waals surface area contributed by atoms with Crippen LogP contribution in [0.1, 0.15) is 10.4 Å². The van der Waals surface area contributed by atoms with E-state index in [9.17, 15) is 0 Å². The average Bonchev–Trinajstić information content (AvgIpc) is 2.74. The molecule has 2 N–H and O–H groups in total. The molecule has 0 aliphatic heterocycles. The van der Waals surface area contributed by atoms with Gasteiger partial charge in [0.25, 0.3) is 0 Å². The summed E-state index contributed by atoms with van der Waals surface area (Å²) in [5, 5.41) is 0.636. The molecule has 0 bridgehead atoms. The van der Waals surface area contributed by atoms with Gasteiger partial charge in [-0.1, -0.05) is 17.7 Å². The van der Waals surface area contributed by atoms with Crippen LogP contribution in [0.4, 0.5) is 0 Å². The quantitative estimate of drug-likeness (QED) is 0.878. The van der Waals surface area contributed by atoms with Crippen molar-refractivity contribution in [1.29, 1.82) is 0 Å². The van der Waals surface area contributed by atoms with Crippen LogP contribution >= 0.6 is 38.9 Å². The van der Waals surface area contributed by atoms with Gasteiger partial charge in [-0.3, -0.25) is 0 Å². The molecule has 0 fully saturated rings. The standard InChI is InChI=1S/C13H13BrClNOS/c14-13-4-2-10(18-13)8-17-12-3-1-9(5-6-16)7-11(12)15/h1-4,7H,5-6,8,16H2. The molecule has 0 aliphatic rings. The zero-order chi connectivity index (χ0) is 13.0. The second kappa shape index (κ2) is 6.57. The van der Waals surface area contributed by atoms with Crippen molar-refractivity contribution in [3.8, 4) is 5.75 Å². The molecule has 1 aromatic heterocycles. The monoisotopic (exact) mass is 345 g/mol. The van der Waals surface area contributed by atoms with Crippen LogP contribution in [0.5, 0.6) is 5.75 Å². The van der Waals surface area contributed by atoms with Crippen molar-refractivity contribution in [3.05, 3.63) is 49.6 Å². The van der Waals surface area contributed by atoms with Crippen LogP contribution in [-0.4, -0.2) is 6.54 Å². The number of hydrogen-bond donors (Lipinski definition) is 1. The molecule has 5 heteroatoms.